The van der Waals surface area contributed by atoms with Crippen molar-refractivity contribution in [3.63, 3.8) is 0 Å². The van der Waals surface area contributed by atoms with Crippen LogP contribution in [0.5, 0.6) is 0 Å². The predicted molar refractivity (Wildman–Crippen MR) is 271 cm³/mol. The van der Waals surface area contributed by atoms with Crippen molar-refractivity contribution in [3.8, 4) is 22.3 Å². The number of hydrogen-bond acceptors (Lipinski definition) is 2. The van der Waals surface area contributed by atoms with Crippen LogP contribution >= 0.6 is 0 Å². The van der Waals surface area contributed by atoms with E-state index in [2.05, 4.69) is 232 Å². The minimum absolute atomic E-state index is 0.0309. The van der Waals surface area contributed by atoms with Gasteiger partial charge in [-0.25, -0.2) is 0 Å². The topological polar surface area (TPSA) is 6.48 Å². The quantitative estimate of drug-likeness (QED) is 0.163. The Morgan fingerprint density at radius 3 is 1.44 bits per heavy atom. The minimum Gasteiger partial charge on any atom is -0.311 e. The highest BCUT2D eigenvalue weighted by Gasteiger charge is 2.49. The van der Waals surface area contributed by atoms with E-state index in [1.165, 1.54) is 101 Å². The predicted octanol–water partition coefficient (Wildman–Crippen LogP) is 14.3. The van der Waals surface area contributed by atoms with E-state index in [1.807, 2.05) is 0 Å². The Bertz CT molecular complexity index is 2980. The van der Waals surface area contributed by atoms with Gasteiger partial charge in [-0.15, -0.1) is 0 Å². The average molecular weight is 821 g/mol. The van der Waals surface area contributed by atoms with Gasteiger partial charge in [0.1, 0.15) is 0 Å². The van der Waals surface area contributed by atoms with E-state index in [-0.39, 0.29) is 33.8 Å². The van der Waals surface area contributed by atoms with Crippen molar-refractivity contribution in [2.45, 2.75) is 116 Å². The molecule has 3 heteroatoms. The summed E-state index contributed by atoms with van der Waals surface area (Å²) in [4.78, 5) is 5.27. The van der Waals surface area contributed by atoms with Crippen molar-refractivity contribution in [1.29, 1.82) is 0 Å². The highest BCUT2D eigenvalue weighted by Crippen LogP contribution is 2.55. The van der Waals surface area contributed by atoms with E-state index in [1.54, 1.807) is 0 Å². The molecule has 7 aromatic rings. The molecule has 2 aliphatic carbocycles. The highest BCUT2D eigenvalue weighted by atomic mass is 15.2. The highest BCUT2D eigenvalue weighted by molar-refractivity contribution is 7.00. The van der Waals surface area contributed by atoms with Gasteiger partial charge < -0.3 is 9.80 Å². The lowest BCUT2D eigenvalue weighted by Crippen LogP contribution is -2.61. The molecule has 314 valence electrons. The summed E-state index contributed by atoms with van der Waals surface area (Å²) in [6, 6.07) is 56.1. The second-order valence-corrected chi connectivity index (χ2v) is 22.9. The molecule has 0 atom stereocenters. The molecular formula is C60H61BN2. The first-order chi connectivity index (χ1) is 29.8. The first-order valence-corrected chi connectivity index (χ1v) is 23.3. The van der Waals surface area contributed by atoms with Crippen molar-refractivity contribution < 1.29 is 0 Å². The molecule has 0 spiro atoms. The first-order valence-electron chi connectivity index (χ1n) is 23.3. The van der Waals surface area contributed by atoms with Gasteiger partial charge in [-0.2, -0.15) is 0 Å². The van der Waals surface area contributed by atoms with E-state index >= 15 is 0 Å². The summed E-state index contributed by atoms with van der Waals surface area (Å²) in [5.41, 5.74) is 24.2. The molecule has 0 unspecified atom stereocenters. The Hall–Kier alpha value is -5.80. The third-order valence-electron chi connectivity index (χ3n) is 15.4. The fourth-order valence-corrected chi connectivity index (χ4v) is 12.8. The van der Waals surface area contributed by atoms with E-state index in [9.17, 15) is 0 Å². The Morgan fingerprint density at radius 1 is 0.397 bits per heavy atom. The lowest BCUT2D eigenvalue weighted by Gasteiger charge is -2.46. The fraction of sp³-hybridized carbons (Fsp3) is 0.300. The molecule has 0 bridgehead atoms. The maximum Gasteiger partial charge on any atom is 0.252 e. The summed E-state index contributed by atoms with van der Waals surface area (Å²) in [5.74, 6) is 0. The van der Waals surface area contributed by atoms with E-state index in [4.69, 9.17) is 0 Å². The Morgan fingerprint density at radius 2 is 0.857 bits per heavy atom. The average Bonchev–Trinajstić information content (AvgIpc) is 3.56. The van der Waals surface area contributed by atoms with Crippen molar-refractivity contribution in [2.75, 3.05) is 9.80 Å². The van der Waals surface area contributed by atoms with Crippen LogP contribution in [-0.2, 0) is 27.1 Å². The third-order valence-corrected chi connectivity index (χ3v) is 15.4. The molecule has 11 rings (SSSR count). The normalized spacial score (nSPS) is 18.0. The molecule has 0 saturated heterocycles. The molecule has 0 saturated carbocycles. The van der Waals surface area contributed by atoms with Crippen LogP contribution in [0.3, 0.4) is 0 Å². The van der Waals surface area contributed by atoms with Crippen LogP contribution in [0.15, 0.2) is 146 Å². The van der Waals surface area contributed by atoms with Gasteiger partial charge >= 0.3 is 0 Å². The molecule has 2 aliphatic heterocycles. The molecule has 0 N–H and O–H groups in total. The standard InChI is InChI=1S/C60H61BN2/c1-56(2,3)42-31-53-55-54(32-42)63(44-27-28-45-46(33-44)58(6,7)36-57(45,4)5)52-35-48-47(59(8,9)37-60(48,10)11)34-50(52)61(55)49-30-41(39-20-16-13-17-21-39)24-29-51(49)62(53)43-25-22-40(23-26-43)38-18-14-12-15-19-38/h12-35H,36-37H2,1-11H3. The SMILES string of the molecule is CC(C)(C)c1cc2c3c(c1)N(c1ccc4c(c1)C(C)(C)CC4(C)C)c1cc4c(cc1B3c1cc(-c3ccccc3)ccc1N2c1ccc(-c2ccccc2)cc1)C(C)(C)CC4(C)C. The summed E-state index contributed by atoms with van der Waals surface area (Å²) < 4.78 is 0. The van der Waals surface area contributed by atoms with E-state index in [0.717, 1.165) is 12.8 Å². The monoisotopic (exact) mass is 820 g/mol. The van der Waals surface area contributed by atoms with Crippen LogP contribution in [-0.4, -0.2) is 6.71 Å². The molecule has 4 aliphatic rings. The maximum atomic E-state index is 2.69. The molecular weight excluding hydrogens is 759 g/mol. The van der Waals surface area contributed by atoms with E-state index in [0.29, 0.717) is 0 Å². The van der Waals surface area contributed by atoms with Crippen LogP contribution in [0.1, 0.15) is 117 Å². The maximum absolute atomic E-state index is 2.69. The van der Waals surface area contributed by atoms with Crippen molar-refractivity contribution in [2.24, 2.45) is 0 Å². The summed E-state index contributed by atoms with van der Waals surface area (Å²) >= 11 is 0. The summed E-state index contributed by atoms with van der Waals surface area (Å²) in [7, 11) is 0. The number of rotatable bonds is 4. The van der Waals surface area contributed by atoms with Crippen LogP contribution in [0.2, 0.25) is 0 Å². The lowest BCUT2D eigenvalue weighted by atomic mass is 9.33. The van der Waals surface area contributed by atoms with E-state index < -0.39 is 0 Å². The summed E-state index contributed by atoms with van der Waals surface area (Å²) in [6.45, 7) is 26.8. The van der Waals surface area contributed by atoms with Gasteiger partial charge in [0.25, 0.3) is 6.71 Å². The number of nitrogens with zero attached hydrogens (tertiary/aromatic N) is 2. The van der Waals surface area contributed by atoms with Gasteiger partial charge in [0.15, 0.2) is 0 Å². The van der Waals surface area contributed by atoms with Gasteiger partial charge in [0.2, 0.25) is 0 Å². The van der Waals surface area contributed by atoms with Crippen LogP contribution in [0, 0.1) is 0 Å². The molecule has 0 radical (unpaired) electrons. The molecule has 0 amide bonds. The van der Waals surface area contributed by atoms with Crippen molar-refractivity contribution in [3.05, 3.63) is 173 Å². The lowest BCUT2D eigenvalue weighted by molar-refractivity contribution is 0.403. The fourth-order valence-electron chi connectivity index (χ4n) is 12.8. The zero-order chi connectivity index (χ0) is 44.0. The molecule has 0 fully saturated rings. The molecule has 0 aromatic heterocycles. The van der Waals surface area contributed by atoms with Crippen LogP contribution in [0.4, 0.5) is 34.1 Å². The molecule has 2 nitrogen and oxygen atoms in total. The zero-order valence-electron chi connectivity index (χ0n) is 39.2. The Balaban J connectivity index is 1.25. The van der Waals surface area contributed by atoms with Gasteiger partial charge in [0, 0.05) is 34.1 Å². The number of hydrogen-bond donors (Lipinski definition) is 0. The number of anilines is 6. The smallest absolute Gasteiger partial charge is 0.252 e. The van der Waals surface area contributed by atoms with Gasteiger partial charge in [-0.1, -0.05) is 173 Å². The van der Waals surface area contributed by atoms with Crippen LogP contribution < -0.4 is 26.2 Å². The second-order valence-electron chi connectivity index (χ2n) is 22.9. The molecule has 2 heterocycles. The van der Waals surface area contributed by atoms with Gasteiger partial charge in [0.05, 0.1) is 0 Å². The minimum atomic E-state index is -0.0961. The number of fused-ring (bicyclic) bond motifs is 6. The number of benzene rings is 7. The van der Waals surface area contributed by atoms with Crippen LogP contribution in [0.25, 0.3) is 22.3 Å². The zero-order valence-corrected chi connectivity index (χ0v) is 39.2. The van der Waals surface area contributed by atoms with Crippen molar-refractivity contribution in [1.82, 2.24) is 0 Å². The largest absolute Gasteiger partial charge is 0.311 e. The van der Waals surface area contributed by atoms with Gasteiger partial charge in [-0.05, 0) is 155 Å². The van der Waals surface area contributed by atoms with Crippen molar-refractivity contribution >= 4 is 57.2 Å². The Kier molecular flexibility index (Phi) is 8.49. The molecule has 7 aromatic carbocycles. The third kappa shape index (κ3) is 6.12. The summed E-state index contributed by atoms with van der Waals surface area (Å²) in [6.07, 6.45) is 2.26. The van der Waals surface area contributed by atoms with Gasteiger partial charge in [-0.3, -0.25) is 0 Å². The Labute approximate surface area is 377 Å². The second kappa shape index (κ2) is 13.4. The first kappa shape index (κ1) is 40.0. The molecule has 63 heavy (non-hydrogen) atoms. The summed E-state index contributed by atoms with van der Waals surface area (Å²) in [5, 5.41) is 0.